The van der Waals surface area contributed by atoms with E-state index in [1.807, 2.05) is 13.8 Å². The van der Waals surface area contributed by atoms with Gasteiger partial charge >= 0.3 is 0 Å². The Hall–Kier alpha value is -0.0700. The van der Waals surface area contributed by atoms with Gasteiger partial charge in [0.25, 0.3) is 0 Å². The number of rotatable bonds is 3. The minimum atomic E-state index is -0.216. The van der Waals surface area contributed by atoms with Crippen LogP contribution in [0.15, 0.2) is 0 Å². The molecule has 0 nitrogen and oxygen atoms in total. The Morgan fingerprint density at radius 3 is 1.70 bits per heavy atom. The third kappa shape index (κ3) is 2.28. The van der Waals surface area contributed by atoms with Gasteiger partial charge in [-0.15, -0.1) is 0 Å². The largest absolute Gasteiger partial charge is 0.251 e. The van der Waals surface area contributed by atoms with Gasteiger partial charge in [0.05, 0.1) is 6.67 Å². The SMILES string of the molecule is CC(C)C(C)C(C)(C)CF. The summed E-state index contributed by atoms with van der Waals surface area (Å²) in [6, 6.07) is 0. The predicted molar refractivity (Wildman–Crippen MR) is 43.8 cm³/mol. The lowest BCUT2D eigenvalue weighted by Crippen LogP contribution is -2.27. The first kappa shape index (κ1) is 9.93. The van der Waals surface area contributed by atoms with Crippen LogP contribution in [0.1, 0.15) is 34.6 Å². The van der Waals surface area contributed by atoms with Gasteiger partial charge in [0.15, 0.2) is 0 Å². The summed E-state index contributed by atoms with van der Waals surface area (Å²) in [5, 5.41) is 0. The fourth-order valence-electron chi connectivity index (χ4n) is 1.02. The van der Waals surface area contributed by atoms with Gasteiger partial charge in [0.2, 0.25) is 0 Å². The summed E-state index contributed by atoms with van der Waals surface area (Å²) in [5.41, 5.74) is -0.145. The Morgan fingerprint density at radius 2 is 1.60 bits per heavy atom. The lowest BCUT2D eigenvalue weighted by molar-refractivity contribution is 0.131. The second kappa shape index (κ2) is 3.36. The van der Waals surface area contributed by atoms with Crippen molar-refractivity contribution in [3.05, 3.63) is 0 Å². The lowest BCUT2D eigenvalue weighted by Gasteiger charge is -2.31. The van der Waals surface area contributed by atoms with Crippen molar-refractivity contribution >= 4 is 0 Å². The third-order valence-electron chi connectivity index (χ3n) is 2.58. The first-order chi connectivity index (χ1) is 4.41. The maximum atomic E-state index is 12.4. The van der Waals surface area contributed by atoms with E-state index in [-0.39, 0.29) is 12.1 Å². The maximum absolute atomic E-state index is 12.4. The van der Waals surface area contributed by atoms with E-state index < -0.39 is 0 Å². The smallest absolute Gasteiger partial charge is 0.0947 e. The number of hydrogen-bond donors (Lipinski definition) is 0. The van der Waals surface area contributed by atoms with Crippen LogP contribution in [-0.2, 0) is 0 Å². The second-order valence-corrected chi connectivity index (χ2v) is 4.15. The van der Waals surface area contributed by atoms with Crippen LogP contribution in [0.5, 0.6) is 0 Å². The number of halogens is 1. The van der Waals surface area contributed by atoms with E-state index >= 15 is 0 Å². The Bertz CT molecular complexity index is 94.9. The molecule has 0 spiro atoms. The summed E-state index contributed by atoms with van der Waals surface area (Å²) < 4.78 is 12.4. The molecular weight excluding hydrogens is 127 g/mol. The Kier molecular flexibility index (Phi) is 3.34. The van der Waals surface area contributed by atoms with E-state index in [0.717, 1.165) is 0 Å². The fourth-order valence-corrected chi connectivity index (χ4v) is 1.02. The van der Waals surface area contributed by atoms with Gasteiger partial charge in [0.1, 0.15) is 0 Å². The van der Waals surface area contributed by atoms with Crippen LogP contribution in [-0.4, -0.2) is 6.67 Å². The molecule has 0 aliphatic heterocycles. The first-order valence-electron chi connectivity index (χ1n) is 3.97. The minimum Gasteiger partial charge on any atom is -0.251 e. The average Bonchev–Trinajstić information content (AvgIpc) is 1.86. The summed E-state index contributed by atoms with van der Waals surface area (Å²) in [7, 11) is 0. The van der Waals surface area contributed by atoms with Gasteiger partial charge in [-0.3, -0.25) is 4.39 Å². The molecule has 0 aromatic carbocycles. The van der Waals surface area contributed by atoms with Crippen molar-refractivity contribution in [1.82, 2.24) is 0 Å². The van der Waals surface area contributed by atoms with Crippen LogP contribution in [0.2, 0.25) is 0 Å². The van der Waals surface area contributed by atoms with Crippen molar-refractivity contribution in [2.45, 2.75) is 34.6 Å². The molecule has 0 aromatic rings. The standard InChI is InChI=1S/C9H19F/c1-7(2)8(3)9(4,5)6-10/h7-8H,6H2,1-5H3. The molecule has 62 valence electrons. The molecule has 0 aliphatic carbocycles. The number of alkyl halides is 1. The summed E-state index contributed by atoms with van der Waals surface area (Å²) in [4.78, 5) is 0. The van der Waals surface area contributed by atoms with Gasteiger partial charge in [-0.2, -0.15) is 0 Å². The molecule has 0 rings (SSSR count). The maximum Gasteiger partial charge on any atom is 0.0947 e. The molecule has 1 unspecified atom stereocenters. The van der Waals surface area contributed by atoms with Crippen molar-refractivity contribution in [1.29, 1.82) is 0 Å². The van der Waals surface area contributed by atoms with Gasteiger partial charge < -0.3 is 0 Å². The second-order valence-electron chi connectivity index (χ2n) is 4.15. The van der Waals surface area contributed by atoms with Crippen LogP contribution in [0.4, 0.5) is 4.39 Å². The van der Waals surface area contributed by atoms with E-state index in [1.54, 1.807) is 0 Å². The zero-order chi connectivity index (χ0) is 8.36. The van der Waals surface area contributed by atoms with Crippen molar-refractivity contribution in [3.63, 3.8) is 0 Å². The van der Waals surface area contributed by atoms with E-state index in [2.05, 4.69) is 20.8 Å². The normalized spacial score (nSPS) is 15.9. The Labute approximate surface area is 63.8 Å². The van der Waals surface area contributed by atoms with Crippen LogP contribution < -0.4 is 0 Å². The van der Waals surface area contributed by atoms with E-state index in [4.69, 9.17) is 0 Å². The van der Waals surface area contributed by atoms with Crippen molar-refractivity contribution < 1.29 is 4.39 Å². The summed E-state index contributed by atoms with van der Waals surface area (Å²) >= 11 is 0. The van der Waals surface area contributed by atoms with E-state index in [9.17, 15) is 4.39 Å². The highest BCUT2D eigenvalue weighted by atomic mass is 19.1. The van der Waals surface area contributed by atoms with Crippen LogP contribution in [0, 0.1) is 17.3 Å². The summed E-state index contributed by atoms with van der Waals surface area (Å²) in [6.07, 6.45) is 0. The predicted octanol–water partition coefficient (Wildman–Crippen LogP) is 3.27. The molecule has 0 heterocycles. The Balaban J connectivity index is 4.03. The molecule has 0 N–H and O–H groups in total. The van der Waals surface area contributed by atoms with Crippen LogP contribution in [0.25, 0.3) is 0 Å². The lowest BCUT2D eigenvalue weighted by atomic mass is 9.75. The molecule has 0 bridgehead atoms. The molecule has 0 radical (unpaired) electrons. The quantitative estimate of drug-likeness (QED) is 0.573. The number of hydrogen-bond acceptors (Lipinski definition) is 0. The molecule has 10 heavy (non-hydrogen) atoms. The molecule has 1 heteroatoms. The van der Waals surface area contributed by atoms with Crippen molar-refractivity contribution in [2.75, 3.05) is 6.67 Å². The highest BCUT2D eigenvalue weighted by molar-refractivity contribution is 4.76. The highest BCUT2D eigenvalue weighted by Gasteiger charge is 2.27. The molecular formula is C9H19F. The summed E-state index contributed by atoms with van der Waals surface area (Å²) in [6.45, 7) is 10.1. The van der Waals surface area contributed by atoms with E-state index in [1.165, 1.54) is 0 Å². The molecule has 0 aromatic heterocycles. The zero-order valence-electron chi connectivity index (χ0n) is 7.74. The zero-order valence-corrected chi connectivity index (χ0v) is 7.74. The van der Waals surface area contributed by atoms with Gasteiger partial charge in [-0.1, -0.05) is 34.6 Å². The summed E-state index contributed by atoms with van der Waals surface area (Å²) in [5.74, 6) is 1.03. The monoisotopic (exact) mass is 146 g/mol. The topological polar surface area (TPSA) is 0 Å². The van der Waals surface area contributed by atoms with Crippen molar-refractivity contribution in [3.8, 4) is 0 Å². The van der Waals surface area contributed by atoms with Gasteiger partial charge in [-0.05, 0) is 17.3 Å². The molecule has 0 saturated carbocycles. The molecule has 1 atom stereocenters. The molecule has 0 amide bonds. The fraction of sp³-hybridized carbons (Fsp3) is 1.00. The van der Waals surface area contributed by atoms with Gasteiger partial charge in [0, 0.05) is 0 Å². The first-order valence-corrected chi connectivity index (χ1v) is 3.97. The van der Waals surface area contributed by atoms with Crippen LogP contribution >= 0.6 is 0 Å². The highest BCUT2D eigenvalue weighted by Crippen LogP contribution is 2.32. The van der Waals surface area contributed by atoms with Crippen LogP contribution in [0.3, 0.4) is 0 Å². The minimum absolute atomic E-state index is 0.145. The average molecular weight is 146 g/mol. The Morgan fingerprint density at radius 1 is 1.20 bits per heavy atom. The van der Waals surface area contributed by atoms with Crippen molar-refractivity contribution in [2.24, 2.45) is 17.3 Å². The molecule has 0 aliphatic rings. The van der Waals surface area contributed by atoms with E-state index in [0.29, 0.717) is 11.8 Å². The molecule has 0 fully saturated rings. The molecule has 0 saturated heterocycles. The van der Waals surface area contributed by atoms with Gasteiger partial charge in [-0.25, -0.2) is 0 Å². The third-order valence-corrected chi connectivity index (χ3v) is 2.58.